The molecule has 6 rings (SSSR count). The standard InChI is InChI=1S/C31H34N10O2S2/c32-15-20-5-1-4-19(12-20)10-11-25(18-42)35-30-39-37-28(44-30)21-6-2-7-22(13-21)29-38-40-31(45-29)36-27(43)14-24-8-3-9-26(34-24)41-16-23(33)17-41/h1,3-5,8-9,12,18,21-23,25H,2,6-7,10-11,13-14,16-17,33H2,(H,35,39)(H,36,40,43). The second-order valence-corrected chi connectivity index (χ2v) is 13.6. The first kappa shape index (κ1) is 30.7. The topological polar surface area (TPSA) is 176 Å². The van der Waals surface area contributed by atoms with Crippen molar-refractivity contribution in [2.75, 3.05) is 28.6 Å². The first-order chi connectivity index (χ1) is 21.9. The number of pyridine rings is 1. The van der Waals surface area contributed by atoms with Crippen LogP contribution in [0.5, 0.6) is 0 Å². The lowest BCUT2D eigenvalue weighted by Crippen LogP contribution is -2.56. The fourth-order valence-corrected chi connectivity index (χ4v) is 7.63. The summed E-state index contributed by atoms with van der Waals surface area (Å²) in [4.78, 5) is 31.3. The summed E-state index contributed by atoms with van der Waals surface area (Å²) >= 11 is 2.91. The first-order valence-corrected chi connectivity index (χ1v) is 16.7. The molecule has 232 valence electrons. The predicted octanol–water partition coefficient (Wildman–Crippen LogP) is 4.04. The zero-order valence-corrected chi connectivity index (χ0v) is 26.3. The van der Waals surface area contributed by atoms with Gasteiger partial charge < -0.3 is 26.1 Å². The van der Waals surface area contributed by atoms with Gasteiger partial charge in [0.25, 0.3) is 0 Å². The highest BCUT2D eigenvalue weighted by Gasteiger charge is 2.30. The van der Waals surface area contributed by atoms with Gasteiger partial charge in [-0.3, -0.25) is 4.79 Å². The van der Waals surface area contributed by atoms with Crippen LogP contribution in [0.3, 0.4) is 0 Å². The summed E-state index contributed by atoms with van der Waals surface area (Å²) in [5, 5.41) is 35.7. The largest absolute Gasteiger partial charge is 0.353 e. The number of amides is 1. The van der Waals surface area contributed by atoms with Crippen LogP contribution >= 0.6 is 22.7 Å². The highest BCUT2D eigenvalue weighted by atomic mass is 32.1. The lowest BCUT2D eigenvalue weighted by atomic mass is 9.82. The van der Waals surface area contributed by atoms with E-state index in [2.05, 4.69) is 47.0 Å². The van der Waals surface area contributed by atoms with Gasteiger partial charge in [-0.15, -0.1) is 20.4 Å². The van der Waals surface area contributed by atoms with Crippen LogP contribution in [0.2, 0.25) is 0 Å². The fourth-order valence-electron chi connectivity index (χ4n) is 5.77. The van der Waals surface area contributed by atoms with Crippen molar-refractivity contribution in [3.8, 4) is 6.07 Å². The highest BCUT2D eigenvalue weighted by molar-refractivity contribution is 7.15. The number of hydrogen-bond donors (Lipinski definition) is 3. The molecule has 2 aliphatic rings. The molecule has 0 bridgehead atoms. The van der Waals surface area contributed by atoms with Crippen molar-refractivity contribution in [2.45, 2.75) is 68.9 Å². The van der Waals surface area contributed by atoms with Gasteiger partial charge >= 0.3 is 0 Å². The van der Waals surface area contributed by atoms with Gasteiger partial charge in [0.1, 0.15) is 22.1 Å². The third-order valence-electron chi connectivity index (χ3n) is 8.14. The molecule has 4 N–H and O–H groups in total. The van der Waals surface area contributed by atoms with Crippen LogP contribution in [-0.4, -0.2) is 62.7 Å². The molecule has 3 atom stereocenters. The Morgan fingerprint density at radius 2 is 1.80 bits per heavy atom. The normalized spacial score (nSPS) is 18.9. The summed E-state index contributed by atoms with van der Waals surface area (Å²) < 4.78 is 0. The summed E-state index contributed by atoms with van der Waals surface area (Å²) in [5.74, 6) is 1.12. The van der Waals surface area contributed by atoms with Crippen LogP contribution in [0.25, 0.3) is 0 Å². The summed E-state index contributed by atoms with van der Waals surface area (Å²) in [5.41, 5.74) is 8.21. The minimum absolute atomic E-state index is 0.154. The van der Waals surface area contributed by atoms with Gasteiger partial charge in [0, 0.05) is 31.0 Å². The molecule has 0 radical (unpaired) electrons. The Bertz CT molecular complexity index is 1680. The predicted molar refractivity (Wildman–Crippen MR) is 173 cm³/mol. The minimum atomic E-state index is -0.398. The average molecular weight is 643 g/mol. The number of nitriles is 1. The summed E-state index contributed by atoms with van der Waals surface area (Å²) in [7, 11) is 0. The van der Waals surface area contributed by atoms with E-state index in [0.29, 0.717) is 34.4 Å². The second kappa shape index (κ2) is 14.2. The van der Waals surface area contributed by atoms with E-state index in [1.165, 1.54) is 22.7 Å². The summed E-state index contributed by atoms with van der Waals surface area (Å²) in [6, 6.07) is 15.1. The van der Waals surface area contributed by atoms with Crippen LogP contribution in [0.15, 0.2) is 42.5 Å². The Balaban J connectivity index is 1.00. The molecule has 4 aromatic rings. The van der Waals surface area contributed by atoms with Gasteiger partial charge in [-0.25, -0.2) is 4.98 Å². The van der Waals surface area contributed by atoms with Crippen LogP contribution in [0.4, 0.5) is 16.1 Å². The molecule has 45 heavy (non-hydrogen) atoms. The minimum Gasteiger partial charge on any atom is -0.353 e. The van der Waals surface area contributed by atoms with Gasteiger partial charge in [-0.05, 0) is 61.9 Å². The van der Waals surface area contributed by atoms with Gasteiger partial charge in [0.2, 0.25) is 16.2 Å². The van der Waals surface area contributed by atoms with E-state index in [9.17, 15) is 9.59 Å². The molecule has 3 unspecified atom stereocenters. The van der Waals surface area contributed by atoms with E-state index in [1.807, 2.05) is 36.4 Å². The number of anilines is 3. The van der Waals surface area contributed by atoms with E-state index in [-0.39, 0.29) is 30.2 Å². The van der Waals surface area contributed by atoms with Gasteiger partial charge in [0.05, 0.1) is 29.8 Å². The Kier molecular flexibility index (Phi) is 9.68. The zero-order valence-electron chi connectivity index (χ0n) is 24.6. The molecule has 3 aromatic heterocycles. The number of carbonyl (C=O) groups excluding carboxylic acids is 2. The number of aldehydes is 1. The van der Waals surface area contributed by atoms with Gasteiger partial charge in [0.15, 0.2) is 0 Å². The molecule has 2 fully saturated rings. The number of aryl methyl sites for hydroxylation is 1. The number of hydrogen-bond acceptors (Lipinski definition) is 13. The highest BCUT2D eigenvalue weighted by Crippen LogP contribution is 2.43. The molecule has 1 amide bonds. The van der Waals surface area contributed by atoms with Crippen molar-refractivity contribution in [3.05, 3.63) is 69.3 Å². The van der Waals surface area contributed by atoms with Crippen molar-refractivity contribution in [2.24, 2.45) is 5.73 Å². The molecule has 1 saturated carbocycles. The summed E-state index contributed by atoms with van der Waals surface area (Å²) in [6.45, 7) is 1.55. The maximum Gasteiger partial charge on any atom is 0.232 e. The molecule has 0 spiro atoms. The quantitative estimate of drug-likeness (QED) is 0.190. The Morgan fingerprint density at radius 1 is 1.07 bits per heavy atom. The van der Waals surface area contributed by atoms with Crippen molar-refractivity contribution >= 4 is 50.9 Å². The molecule has 12 nitrogen and oxygen atoms in total. The molecule has 1 aliphatic heterocycles. The third-order valence-corrected chi connectivity index (χ3v) is 10.2. The van der Waals surface area contributed by atoms with Gasteiger partial charge in [-0.1, -0.05) is 47.3 Å². The van der Waals surface area contributed by atoms with Crippen molar-refractivity contribution in [1.29, 1.82) is 5.26 Å². The lowest BCUT2D eigenvalue weighted by Gasteiger charge is -2.37. The van der Waals surface area contributed by atoms with Crippen LogP contribution in [0, 0.1) is 11.3 Å². The number of aromatic nitrogens is 5. The maximum atomic E-state index is 12.8. The zero-order chi connectivity index (χ0) is 31.2. The molecule has 4 heterocycles. The average Bonchev–Trinajstić information content (AvgIpc) is 3.72. The number of benzene rings is 1. The van der Waals surface area contributed by atoms with E-state index in [0.717, 1.165) is 66.5 Å². The van der Waals surface area contributed by atoms with Crippen molar-refractivity contribution < 1.29 is 9.59 Å². The van der Waals surface area contributed by atoms with E-state index in [1.54, 1.807) is 6.07 Å². The van der Waals surface area contributed by atoms with Crippen molar-refractivity contribution in [1.82, 2.24) is 25.4 Å². The monoisotopic (exact) mass is 642 g/mol. The Labute approximate surface area is 269 Å². The van der Waals surface area contributed by atoms with Gasteiger partial charge in [-0.2, -0.15) is 5.26 Å². The molecule has 14 heteroatoms. The maximum absolute atomic E-state index is 12.8. The van der Waals surface area contributed by atoms with E-state index < -0.39 is 6.04 Å². The number of rotatable bonds is 12. The Hall–Kier alpha value is -4.32. The smallest absolute Gasteiger partial charge is 0.232 e. The molecule has 1 aromatic carbocycles. The SMILES string of the molecule is N#Cc1cccc(CCC(C=O)Nc2nnc(C3CCCC(c4nnc(NC(=O)Cc5cccc(N6CC(N)C6)n5)s4)C3)s2)c1. The second-order valence-electron chi connectivity index (χ2n) is 11.6. The fraction of sp³-hybridized carbons (Fsp3) is 0.419. The number of nitrogens with one attached hydrogen (secondary N) is 2. The van der Waals surface area contributed by atoms with E-state index in [4.69, 9.17) is 11.0 Å². The first-order valence-electron chi connectivity index (χ1n) is 15.1. The molecular formula is C31H34N10O2S2. The van der Waals surface area contributed by atoms with Crippen molar-refractivity contribution in [3.63, 3.8) is 0 Å². The molecule has 1 saturated heterocycles. The summed E-state index contributed by atoms with van der Waals surface area (Å²) in [6.07, 6.45) is 6.23. The number of nitrogens with zero attached hydrogens (tertiary/aromatic N) is 7. The van der Waals surface area contributed by atoms with Crippen LogP contribution in [0.1, 0.15) is 70.8 Å². The van der Waals surface area contributed by atoms with Crippen LogP contribution in [-0.2, 0) is 22.4 Å². The van der Waals surface area contributed by atoms with E-state index >= 15 is 0 Å². The van der Waals surface area contributed by atoms with Crippen LogP contribution < -0.4 is 21.3 Å². The lowest BCUT2D eigenvalue weighted by molar-refractivity contribution is -0.115. The third kappa shape index (κ3) is 7.86. The number of nitrogens with two attached hydrogens (primary N) is 1. The molecular weight excluding hydrogens is 609 g/mol. The Morgan fingerprint density at radius 3 is 2.53 bits per heavy atom. The molecule has 1 aliphatic carbocycles. The number of carbonyl (C=O) groups is 2.